The molecule has 0 saturated carbocycles. The van der Waals surface area contributed by atoms with E-state index in [4.69, 9.17) is 11.6 Å². The van der Waals surface area contributed by atoms with Gasteiger partial charge < -0.3 is 15.3 Å². The molecule has 2 rings (SSSR count). The molecule has 0 spiro atoms. The molecule has 2 N–H and O–H groups in total. The number of benzene rings is 1. The number of hydrogen-bond donors (Lipinski definition) is 2. The van der Waals surface area contributed by atoms with Crippen molar-refractivity contribution in [2.45, 2.75) is 19.3 Å². The van der Waals surface area contributed by atoms with E-state index >= 15 is 0 Å². The number of nitrogens with one attached hydrogen (secondary N) is 1. The van der Waals surface area contributed by atoms with Crippen LogP contribution in [-0.4, -0.2) is 42.3 Å². The molecule has 2 amide bonds. The van der Waals surface area contributed by atoms with Crippen LogP contribution in [0.15, 0.2) is 24.3 Å². The topological polar surface area (TPSA) is 52.6 Å². The molecular formula is C15H21ClN2O2. The van der Waals surface area contributed by atoms with E-state index in [1.54, 1.807) is 4.90 Å². The molecule has 1 fully saturated rings. The molecule has 0 bridgehead atoms. The third-order valence-electron chi connectivity index (χ3n) is 3.69. The lowest BCUT2D eigenvalue weighted by atomic mass is 9.99. The van der Waals surface area contributed by atoms with Crippen molar-refractivity contribution in [1.29, 1.82) is 0 Å². The lowest BCUT2D eigenvalue weighted by Gasteiger charge is -2.31. The number of aliphatic hydroxyl groups excluding tert-OH is 1. The van der Waals surface area contributed by atoms with Crippen molar-refractivity contribution >= 4 is 17.6 Å². The lowest BCUT2D eigenvalue weighted by molar-refractivity contribution is 0.129. The lowest BCUT2D eigenvalue weighted by Crippen LogP contribution is -2.46. The van der Waals surface area contributed by atoms with E-state index in [0.717, 1.165) is 36.4 Å². The van der Waals surface area contributed by atoms with E-state index in [1.165, 1.54) is 0 Å². The molecule has 4 nitrogen and oxygen atoms in total. The van der Waals surface area contributed by atoms with Crippen LogP contribution in [0.3, 0.4) is 0 Å². The Bertz CT molecular complexity index is 453. The molecule has 0 aliphatic carbocycles. The zero-order valence-electron chi connectivity index (χ0n) is 11.5. The van der Waals surface area contributed by atoms with Crippen LogP contribution < -0.4 is 5.32 Å². The second-order valence-corrected chi connectivity index (χ2v) is 5.62. The van der Waals surface area contributed by atoms with Gasteiger partial charge >= 0.3 is 6.03 Å². The molecule has 1 aliphatic rings. The van der Waals surface area contributed by atoms with Crippen molar-refractivity contribution in [2.75, 3.05) is 26.2 Å². The average molecular weight is 297 g/mol. The number of rotatable bonds is 4. The van der Waals surface area contributed by atoms with Crippen molar-refractivity contribution in [3.05, 3.63) is 34.9 Å². The molecule has 1 saturated heterocycles. The first-order valence-corrected chi connectivity index (χ1v) is 7.45. The fraction of sp³-hybridized carbons (Fsp3) is 0.533. The molecule has 110 valence electrons. The first-order chi connectivity index (χ1) is 9.70. The fourth-order valence-corrected chi connectivity index (χ4v) is 2.75. The van der Waals surface area contributed by atoms with Gasteiger partial charge in [0.2, 0.25) is 0 Å². The minimum absolute atomic E-state index is 0.0461. The highest BCUT2D eigenvalue weighted by Gasteiger charge is 2.22. The molecule has 1 unspecified atom stereocenters. The normalized spacial score (nSPS) is 18.9. The van der Waals surface area contributed by atoms with E-state index in [1.807, 2.05) is 24.3 Å². The van der Waals surface area contributed by atoms with Crippen LogP contribution in [0.4, 0.5) is 4.79 Å². The fourth-order valence-electron chi connectivity index (χ4n) is 2.52. The minimum atomic E-state index is -0.0461. The zero-order valence-corrected chi connectivity index (χ0v) is 12.3. The predicted molar refractivity (Wildman–Crippen MR) is 79.9 cm³/mol. The number of halogens is 1. The van der Waals surface area contributed by atoms with Crippen molar-refractivity contribution in [1.82, 2.24) is 10.2 Å². The quantitative estimate of drug-likeness (QED) is 0.896. The Labute approximate surface area is 124 Å². The van der Waals surface area contributed by atoms with Gasteiger partial charge in [-0.05, 0) is 36.8 Å². The number of carbonyl (C=O) groups is 1. The van der Waals surface area contributed by atoms with E-state index < -0.39 is 0 Å². The van der Waals surface area contributed by atoms with Crippen molar-refractivity contribution in [3.8, 4) is 0 Å². The zero-order chi connectivity index (χ0) is 14.4. The summed E-state index contributed by atoms with van der Waals surface area (Å²) in [5.74, 6) is 0.220. The molecule has 1 aliphatic heterocycles. The Kier molecular flexibility index (Phi) is 5.68. The van der Waals surface area contributed by atoms with Crippen molar-refractivity contribution in [3.63, 3.8) is 0 Å². The van der Waals surface area contributed by atoms with E-state index in [0.29, 0.717) is 13.1 Å². The summed E-state index contributed by atoms with van der Waals surface area (Å²) in [6.45, 7) is 2.15. The van der Waals surface area contributed by atoms with E-state index in [2.05, 4.69) is 5.32 Å². The maximum absolute atomic E-state index is 12.0. The van der Waals surface area contributed by atoms with Crippen molar-refractivity contribution in [2.24, 2.45) is 5.92 Å². The maximum atomic E-state index is 12.0. The highest BCUT2D eigenvalue weighted by Crippen LogP contribution is 2.16. The number of nitrogens with zero attached hydrogens (tertiary/aromatic N) is 1. The van der Waals surface area contributed by atoms with E-state index in [9.17, 15) is 9.90 Å². The molecule has 5 heteroatoms. The highest BCUT2D eigenvalue weighted by molar-refractivity contribution is 6.31. The van der Waals surface area contributed by atoms with E-state index in [-0.39, 0.29) is 18.6 Å². The van der Waals surface area contributed by atoms with Crippen LogP contribution >= 0.6 is 11.6 Å². The summed E-state index contributed by atoms with van der Waals surface area (Å²) < 4.78 is 0. The number of aliphatic hydroxyl groups is 1. The molecule has 20 heavy (non-hydrogen) atoms. The summed E-state index contributed by atoms with van der Waals surface area (Å²) in [6.07, 6.45) is 2.69. The number of amides is 2. The van der Waals surface area contributed by atoms with Gasteiger partial charge in [0.15, 0.2) is 0 Å². The van der Waals surface area contributed by atoms with Crippen LogP contribution in [0.25, 0.3) is 0 Å². The van der Waals surface area contributed by atoms with Crippen molar-refractivity contribution < 1.29 is 9.90 Å². The van der Waals surface area contributed by atoms with Gasteiger partial charge in [0.25, 0.3) is 0 Å². The smallest absolute Gasteiger partial charge is 0.317 e. The third kappa shape index (κ3) is 4.12. The standard InChI is InChI=1S/C15H21ClN2O2/c16-14-6-2-1-5-13(14)7-8-17-15(20)18-9-3-4-12(10-18)11-19/h1-2,5-6,12,19H,3-4,7-11H2,(H,17,20). The van der Waals surface area contributed by atoms with Gasteiger partial charge in [-0.3, -0.25) is 0 Å². The molecule has 1 aromatic carbocycles. The van der Waals surface area contributed by atoms with Crippen LogP contribution in [-0.2, 0) is 6.42 Å². The summed E-state index contributed by atoms with van der Waals surface area (Å²) in [6, 6.07) is 7.62. The molecule has 0 aromatic heterocycles. The average Bonchev–Trinajstić information content (AvgIpc) is 2.49. The Morgan fingerprint density at radius 2 is 2.25 bits per heavy atom. The largest absolute Gasteiger partial charge is 0.396 e. The van der Waals surface area contributed by atoms with Crippen LogP contribution in [0.5, 0.6) is 0 Å². The number of likely N-dealkylation sites (tertiary alicyclic amines) is 1. The SMILES string of the molecule is O=C(NCCc1ccccc1Cl)N1CCCC(CO)C1. The van der Waals surface area contributed by atoms with Gasteiger partial charge in [-0.1, -0.05) is 29.8 Å². The molecule has 0 radical (unpaired) electrons. The summed E-state index contributed by atoms with van der Waals surface area (Å²) >= 11 is 6.08. The second-order valence-electron chi connectivity index (χ2n) is 5.21. The first-order valence-electron chi connectivity index (χ1n) is 7.07. The first kappa shape index (κ1) is 15.1. The van der Waals surface area contributed by atoms with Gasteiger partial charge in [-0.15, -0.1) is 0 Å². The highest BCUT2D eigenvalue weighted by atomic mass is 35.5. The number of piperidine rings is 1. The third-order valence-corrected chi connectivity index (χ3v) is 4.06. The summed E-state index contributed by atoms with van der Waals surface area (Å²) in [4.78, 5) is 13.8. The molecule has 1 atom stereocenters. The number of hydrogen-bond acceptors (Lipinski definition) is 2. The molecular weight excluding hydrogens is 276 g/mol. The maximum Gasteiger partial charge on any atom is 0.317 e. The number of urea groups is 1. The van der Waals surface area contributed by atoms with Gasteiger partial charge in [0.1, 0.15) is 0 Å². The van der Waals surface area contributed by atoms with Crippen LogP contribution in [0.1, 0.15) is 18.4 Å². The predicted octanol–water partition coefficient (Wildman–Crippen LogP) is 2.30. The Morgan fingerprint density at radius 3 is 3.00 bits per heavy atom. The van der Waals surface area contributed by atoms with Gasteiger partial charge in [0.05, 0.1) is 0 Å². The second kappa shape index (κ2) is 7.50. The van der Waals surface area contributed by atoms with Crippen LogP contribution in [0, 0.1) is 5.92 Å². The molecule has 1 heterocycles. The summed E-state index contributed by atoms with van der Waals surface area (Å²) in [5.41, 5.74) is 1.04. The van der Waals surface area contributed by atoms with Gasteiger partial charge in [-0.2, -0.15) is 0 Å². The Morgan fingerprint density at radius 1 is 1.45 bits per heavy atom. The van der Waals surface area contributed by atoms with Gasteiger partial charge in [0, 0.05) is 31.3 Å². The molecule has 1 aromatic rings. The Hall–Kier alpha value is -1.26. The van der Waals surface area contributed by atoms with Crippen LogP contribution in [0.2, 0.25) is 5.02 Å². The number of carbonyl (C=O) groups excluding carboxylic acids is 1. The monoisotopic (exact) mass is 296 g/mol. The Balaban J connectivity index is 1.76. The van der Waals surface area contributed by atoms with Gasteiger partial charge in [-0.25, -0.2) is 4.79 Å². The summed E-state index contributed by atoms with van der Waals surface area (Å²) in [5, 5.41) is 12.8. The minimum Gasteiger partial charge on any atom is -0.396 e. The summed E-state index contributed by atoms with van der Waals surface area (Å²) in [7, 11) is 0.